The summed E-state index contributed by atoms with van der Waals surface area (Å²) in [6.07, 6.45) is 6.10. The van der Waals surface area contributed by atoms with Crippen LogP contribution in [0.4, 0.5) is 8.78 Å². The summed E-state index contributed by atoms with van der Waals surface area (Å²) >= 11 is 0. The third-order valence-electron chi connectivity index (χ3n) is 6.05. The van der Waals surface area contributed by atoms with Crippen LogP contribution >= 0.6 is 12.4 Å². The fraction of sp³-hybridized carbons (Fsp3) is 0.375. The third-order valence-corrected chi connectivity index (χ3v) is 6.05. The van der Waals surface area contributed by atoms with Crippen LogP contribution in [0.2, 0.25) is 0 Å². The number of benzene rings is 2. The van der Waals surface area contributed by atoms with Gasteiger partial charge in [0.2, 0.25) is 5.91 Å². The SMILES string of the molecule is CCC(CCCc1c[nH]c2ccc(F)cc12)NC1COc2c(F)ccc(C(N)=O)c2C1.Cl. The third kappa shape index (κ3) is 5.05. The standard InChI is InChI=1S/C24H27F2N3O2.ClH/c1-2-16(5-3-4-14-12-28-22-9-6-15(25)10-19(14)22)29-17-11-20-18(24(27)30)7-8-21(26)23(20)31-13-17;/h6-10,12,16-17,28-29H,2-5,11,13H2,1H3,(H2,27,30);1H. The molecule has 2 atom stereocenters. The van der Waals surface area contributed by atoms with Crippen LogP contribution in [0.5, 0.6) is 5.75 Å². The number of carbonyl (C=O) groups excluding carboxylic acids is 1. The highest BCUT2D eigenvalue weighted by Crippen LogP contribution is 2.31. The smallest absolute Gasteiger partial charge is 0.249 e. The fourth-order valence-electron chi connectivity index (χ4n) is 4.42. The first-order valence-corrected chi connectivity index (χ1v) is 10.7. The fourth-order valence-corrected chi connectivity index (χ4v) is 4.42. The van der Waals surface area contributed by atoms with E-state index in [1.165, 1.54) is 18.2 Å². The molecule has 3 aromatic rings. The zero-order chi connectivity index (χ0) is 22.0. The Balaban J connectivity index is 0.00000289. The van der Waals surface area contributed by atoms with E-state index in [2.05, 4.69) is 17.2 Å². The summed E-state index contributed by atoms with van der Waals surface area (Å²) in [6, 6.07) is 7.65. The average Bonchev–Trinajstić information content (AvgIpc) is 3.15. The number of primary amides is 1. The van der Waals surface area contributed by atoms with E-state index in [1.54, 1.807) is 12.1 Å². The minimum atomic E-state index is -0.581. The zero-order valence-electron chi connectivity index (χ0n) is 17.9. The van der Waals surface area contributed by atoms with E-state index in [9.17, 15) is 13.6 Å². The van der Waals surface area contributed by atoms with Crippen LogP contribution in [0.25, 0.3) is 10.9 Å². The number of aryl methyl sites for hydroxylation is 1. The minimum absolute atomic E-state index is 0. The number of aromatic amines is 1. The van der Waals surface area contributed by atoms with Crippen LogP contribution in [0.1, 0.15) is 47.7 Å². The topological polar surface area (TPSA) is 80.1 Å². The lowest BCUT2D eigenvalue weighted by molar-refractivity contribution is 0.0997. The molecule has 2 heterocycles. The number of aromatic nitrogens is 1. The molecule has 0 saturated carbocycles. The number of halogens is 3. The number of nitrogens with two attached hydrogens (primary N) is 1. The molecular formula is C24H28ClF2N3O2. The van der Waals surface area contributed by atoms with Crippen molar-refractivity contribution in [1.82, 2.24) is 10.3 Å². The van der Waals surface area contributed by atoms with E-state index in [0.717, 1.165) is 42.1 Å². The van der Waals surface area contributed by atoms with Gasteiger partial charge in [0.25, 0.3) is 0 Å². The Morgan fingerprint density at radius 2 is 2.12 bits per heavy atom. The Hall–Kier alpha value is -2.64. The molecule has 0 spiro atoms. The van der Waals surface area contributed by atoms with Gasteiger partial charge in [-0.15, -0.1) is 12.4 Å². The quantitative estimate of drug-likeness (QED) is 0.454. The molecular weight excluding hydrogens is 436 g/mol. The maximum Gasteiger partial charge on any atom is 0.249 e. The summed E-state index contributed by atoms with van der Waals surface area (Å²) in [6.45, 7) is 2.45. The number of hydrogen-bond acceptors (Lipinski definition) is 3. The van der Waals surface area contributed by atoms with Gasteiger partial charge in [0.1, 0.15) is 12.4 Å². The molecule has 0 bridgehead atoms. The Morgan fingerprint density at radius 3 is 2.88 bits per heavy atom. The first kappa shape index (κ1) is 24.0. The number of ether oxygens (including phenoxy) is 1. The minimum Gasteiger partial charge on any atom is -0.489 e. The molecule has 1 aliphatic heterocycles. The van der Waals surface area contributed by atoms with E-state index in [-0.39, 0.29) is 36.1 Å². The van der Waals surface area contributed by atoms with Crippen LogP contribution in [0.3, 0.4) is 0 Å². The molecule has 32 heavy (non-hydrogen) atoms. The molecule has 8 heteroatoms. The summed E-state index contributed by atoms with van der Waals surface area (Å²) in [5.74, 6) is -1.15. The van der Waals surface area contributed by atoms with Gasteiger partial charge in [0.15, 0.2) is 11.6 Å². The molecule has 1 amide bonds. The summed E-state index contributed by atoms with van der Waals surface area (Å²) < 4.78 is 33.3. The number of H-pyrrole nitrogens is 1. The monoisotopic (exact) mass is 463 g/mol. The normalized spacial score (nSPS) is 16.2. The van der Waals surface area contributed by atoms with Gasteiger partial charge in [-0.3, -0.25) is 4.79 Å². The van der Waals surface area contributed by atoms with Gasteiger partial charge in [0, 0.05) is 40.3 Å². The predicted molar refractivity (Wildman–Crippen MR) is 124 cm³/mol. The molecule has 0 fully saturated rings. The van der Waals surface area contributed by atoms with Gasteiger partial charge in [-0.2, -0.15) is 0 Å². The van der Waals surface area contributed by atoms with E-state index in [4.69, 9.17) is 10.5 Å². The number of amides is 1. The second-order valence-corrected chi connectivity index (χ2v) is 8.15. The van der Waals surface area contributed by atoms with Crippen molar-refractivity contribution in [2.45, 2.75) is 51.1 Å². The highest BCUT2D eigenvalue weighted by Gasteiger charge is 2.27. The largest absolute Gasteiger partial charge is 0.489 e. The van der Waals surface area contributed by atoms with Gasteiger partial charge in [-0.1, -0.05) is 6.92 Å². The van der Waals surface area contributed by atoms with Crippen molar-refractivity contribution in [1.29, 1.82) is 0 Å². The molecule has 172 valence electrons. The van der Waals surface area contributed by atoms with Crippen LogP contribution in [0, 0.1) is 11.6 Å². The number of rotatable bonds is 8. The summed E-state index contributed by atoms with van der Waals surface area (Å²) in [7, 11) is 0. The maximum absolute atomic E-state index is 14.1. The number of hydrogen-bond donors (Lipinski definition) is 3. The lowest BCUT2D eigenvalue weighted by atomic mass is 9.95. The molecule has 4 N–H and O–H groups in total. The van der Waals surface area contributed by atoms with Gasteiger partial charge in [0.05, 0.1) is 0 Å². The maximum atomic E-state index is 14.1. The van der Waals surface area contributed by atoms with Crippen molar-refractivity contribution in [2.75, 3.05) is 6.61 Å². The summed E-state index contributed by atoms with van der Waals surface area (Å²) in [5, 5.41) is 4.52. The zero-order valence-corrected chi connectivity index (χ0v) is 18.7. The van der Waals surface area contributed by atoms with Crippen molar-refractivity contribution >= 4 is 29.2 Å². The number of nitrogens with one attached hydrogen (secondary N) is 2. The van der Waals surface area contributed by atoms with Crippen LogP contribution in [-0.2, 0) is 12.8 Å². The Labute approximate surface area is 192 Å². The lowest BCUT2D eigenvalue weighted by Crippen LogP contribution is -2.45. The first-order chi connectivity index (χ1) is 15.0. The number of fused-ring (bicyclic) bond motifs is 2. The van der Waals surface area contributed by atoms with E-state index in [0.29, 0.717) is 24.2 Å². The van der Waals surface area contributed by atoms with Crippen molar-refractivity contribution in [3.8, 4) is 5.75 Å². The summed E-state index contributed by atoms with van der Waals surface area (Å²) in [5.41, 5.74) is 8.35. The van der Waals surface area contributed by atoms with Gasteiger partial charge < -0.3 is 20.8 Å². The average molecular weight is 464 g/mol. The van der Waals surface area contributed by atoms with Gasteiger partial charge in [-0.25, -0.2) is 8.78 Å². The molecule has 1 aliphatic rings. The van der Waals surface area contributed by atoms with Crippen molar-refractivity contribution in [3.63, 3.8) is 0 Å². The predicted octanol–water partition coefficient (Wildman–Crippen LogP) is 4.66. The molecule has 4 rings (SSSR count). The van der Waals surface area contributed by atoms with Gasteiger partial charge in [-0.05, 0) is 68.0 Å². The Kier molecular flexibility index (Phi) is 7.74. The number of carbonyl (C=O) groups is 1. The van der Waals surface area contributed by atoms with Crippen molar-refractivity contribution < 1.29 is 18.3 Å². The lowest BCUT2D eigenvalue weighted by Gasteiger charge is -2.30. The molecule has 0 radical (unpaired) electrons. The molecule has 2 aromatic carbocycles. The van der Waals surface area contributed by atoms with Crippen molar-refractivity contribution in [3.05, 3.63) is 64.9 Å². The van der Waals surface area contributed by atoms with Crippen molar-refractivity contribution in [2.24, 2.45) is 5.73 Å². The molecule has 2 unspecified atom stereocenters. The van der Waals surface area contributed by atoms with Crippen LogP contribution < -0.4 is 15.8 Å². The van der Waals surface area contributed by atoms with Crippen LogP contribution in [-0.4, -0.2) is 29.6 Å². The van der Waals surface area contributed by atoms with E-state index < -0.39 is 11.7 Å². The highest BCUT2D eigenvalue weighted by molar-refractivity contribution is 5.95. The Bertz CT molecular complexity index is 1100. The van der Waals surface area contributed by atoms with Gasteiger partial charge >= 0.3 is 0 Å². The second-order valence-electron chi connectivity index (χ2n) is 8.15. The molecule has 1 aromatic heterocycles. The van der Waals surface area contributed by atoms with E-state index >= 15 is 0 Å². The Morgan fingerprint density at radius 1 is 1.31 bits per heavy atom. The molecule has 0 aliphatic carbocycles. The highest BCUT2D eigenvalue weighted by atomic mass is 35.5. The van der Waals surface area contributed by atoms with Crippen LogP contribution in [0.15, 0.2) is 36.5 Å². The molecule has 5 nitrogen and oxygen atoms in total. The second kappa shape index (κ2) is 10.3. The van der Waals surface area contributed by atoms with E-state index in [1.807, 2.05) is 6.20 Å². The molecule has 0 saturated heterocycles. The first-order valence-electron chi connectivity index (χ1n) is 10.7. The summed E-state index contributed by atoms with van der Waals surface area (Å²) in [4.78, 5) is 14.9.